The molecule has 0 radical (unpaired) electrons. The van der Waals surface area contributed by atoms with E-state index >= 15 is 0 Å². The number of guanidine groups is 2. The van der Waals surface area contributed by atoms with E-state index in [4.69, 9.17) is 41.6 Å². The van der Waals surface area contributed by atoms with E-state index in [9.17, 15) is 35.4 Å². The highest BCUT2D eigenvalue weighted by atomic mass is 16.8. The Morgan fingerprint density at radius 3 is 2.31 bits per heavy atom. The van der Waals surface area contributed by atoms with Gasteiger partial charge in [-0.3, -0.25) is 10.2 Å². The summed E-state index contributed by atoms with van der Waals surface area (Å²) >= 11 is 0. The topological polar surface area (TPSA) is 314 Å². The van der Waals surface area contributed by atoms with Crippen molar-refractivity contribution in [3.63, 3.8) is 0 Å². The molecule has 0 spiro atoms. The Morgan fingerprint density at radius 2 is 1.77 bits per heavy atom. The summed E-state index contributed by atoms with van der Waals surface area (Å²) in [4.78, 5) is 16.0. The second-order valence-electron chi connectivity index (χ2n) is 9.83. The number of nitrogens with one attached hydrogen (secondary N) is 3. The minimum absolute atomic E-state index is 0.0536. The maximum Gasteiger partial charge on any atom is 0.188 e. The molecule has 2 aliphatic heterocycles. The molecule has 1 aliphatic carbocycles. The number of likely N-dealkylation sites (N-methyl/N-ethyl adjacent to an activating group) is 1. The van der Waals surface area contributed by atoms with Crippen LogP contribution < -0.4 is 27.8 Å². The van der Waals surface area contributed by atoms with Crippen molar-refractivity contribution < 1.29 is 54.4 Å². The van der Waals surface area contributed by atoms with Gasteiger partial charge in [-0.2, -0.15) is 0 Å². The van der Waals surface area contributed by atoms with E-state index < -0.39 is 97.7 Å². The fourth-order valence-corrected chi connectivity index (χ4v) is 5.11. The molecule has 0 unspecified atom stereocenters. The molecular formula is C21H39N7O11. The van der Waals surface area contributed by atoms with E-state index in [0.717, 1.165) is 0 Å². The van der Waals surface area contributed by atoms with Crippen molar-refractivity contribution >= 4 is 18.2 Å². The Morgan fingerprint density at radius 1 is 1.10 bits per heavy atom. The second-order valence-corrected chi connectivity index (χ2v) is 9.83. The largest absolute Gasteiger partial charge is 0.394 e. The summed E-state index contributed by atoms with van der Waals surface area (Å²) in [6.45, 7) is 0.693. The first-order valence-electron chi connectivity index (χ1n) is 12.3. The van der Waals surface area contributed by atoms with E-state index in [1.54, 1.807) is 0 Å². The van der Waals surface area contributed by atoms with Crippen LogP contribution in [-0.2, 0) is 23.7 Å². The lowest BCUT2D eigenvalue weighted by atomic mass is 9.83. The third-order valence-corrected chi connectivity index (χ3v) is 7.30. The molecular weight excluding hydrogens is 526 g/mol. The van der Waals surface area contributed by atoms with Crippen LogP contribution >= 0.6 is 0 Å². The van der Waals surface area contributed by atoms with Crippen LogP contribution in [0.3, 0.4) is 0 Å². The molecule has 3 rings (SSSR count). The number of carbonyl (C=O) groups is 1. The van der Waals surface area contributed by atoms with Gasteiger partial charge in [-0.25, -0.2) is 4.99 Å². The van der Waals surface area contributed by atoms with Crippen LogP contribution in [0.15, 0.2) is 4.99 Å². The minimum Gasteiger partial charge on any atom is -0.394 e. The Hall–Kier alpha value is -2.23. The molecule has 0 bridgehead atoms. The number of carbonyl (C=O) groups excluding carboxylic acids is 1. The molecule has 18 heteroatoms. The van der Waals surface area contributed by atoms with Gasteiger partial charge in [0.25, 0.3) is 0 Å². The smallest absolute Gasteiger partial charge is 0.188 e. The van der Waals surface area contributed by atoms with Gasteiger partial charge in [0.05, 0.1) is 30.8 Å². The molecule has 3 aliphatic rings. The Bertz CT molecular complexity index is 898. The van der Waals surface area contributed by atoms with Gasteiger partial charge in [0, 0.05) is 0 Å². The summed E-state index contributed by atoms with van der Waals surface area (Å²) in [6.07, 6.45) is -14.5. The van der Waals surface area contributed by atoms with Gasteiger partial charge in [0.2, 0.25) is 0 Å². The number of aliphatic hydroxyl groups excluding tert-OH is 5. The third kappa shape index (κ3) is 6.25. The number of aliphatic imine (C=N–C) groups is 1. The van der Waals surface area contributed by atoms with Crippen LogP contribution in [0.1, 0.15) is 13.3 Å². The van der Waals surface area contributed by atoms with Gasteiger partial charge in [-0.05, 0) is 20.4 Å². The highest BCUT2D eigenvalue weighted by Crippen LogP contribution is 2.38. The minimum atomic E-state index is -2.31. The van der Waals surface area contributed by atoms with Crippen molar-refractivity contribution in [2.45, 2.75) is 98.5 Å². The number of hydrogen-bond donors (Lipinski definition) is 12. The molecule has 0 aromatic carbocycles. The summed E-state index contributed by atoms with van der Waals surface area (Å²) in [7, 11) is 1.44. The van der Waals surface area contributed by atoms with Crippen LogP contribution in [0, 0.1) is 5.41 Å². The van der Waals surface area contributed by atoms with Crippen molar-refractivity contribution in [3.05, 3.63) is 0 Å². The van der Waals surface area contributed by atoms with Gasteiger partial charge in [-0.1, -0.05) is 0 Å². The molecule has 18 nitrogen and oxygen atoms in total. The van der Waals surface area contributed by atoms with Crippen molar-refractivity contribution in [2.75, 3.05) is 13.7 Å². The predicted octanol–water partition coefficient (Wildman–Crippen LogP) is -6.92. The van der Waals surface area contributed by atoms with Crippen LogP contribution in [0.5, 0.6) is 0 Å². The Labute approximate surface area is 223 Å². The molecule has 1 saturated carbocycles. The van der Waals surface area contributed by atoms with Crippen molar-refractivity contribution in [2.24, 2.45) is 22.2 Å². The van der Waals surface area contributed by atoms with Crippen molar-refractivity contribution in [3.8, 4) is 0 Å². The lowest BCUT2D eigenvalue weighted by molar-refractivity contribution is -0.313. The van der Waals surface area contributed by atoms with Gasteiger partial charge >= 0.3 is 0 Å². The van der Waals surface area contributed by atoms with Gasteiger partial charge < -0.3 is 77.4 Å². The number of rotatable bonds is 9. The summed E-state index contributed by atoms with van der Waals surface area (Å²) in [5.74, 6) is -0.835. The normalized spacial score (nSPS) is 46.4. The molecule has 0 aromatic heterocycles. The van der Waals surface area contributed by atoms with E-state index in [1.165, 1.54) is 14.0 Å². The zero-order chi connectivity index (χ0) is 29.2. The van der Waals surface area contributed by atoms with E-state index in [2.05, 4.69) is 15.6 Å². The number of aliphatic hydroxyl groups is 6. The highest BCUT2D eigenvalue weighted by molar-refractivity contribution is 5.76. The average molecular weight is 566 g/mol. The molecule has 2 saturated heterocycles. The zero-order valence-corrected chi connectivity index (χ0v) is 21.4. The third-order valence-electron chi connectivity index (χ3n) is 7.30. The lowest BCUT2D eigenvalue weighted by Crippen LogP contribution is -2.66. The zero-order valence-electron chi connectivity index (χ0n) is 21.4. The number of aldehydes is 1. The number of ether oxygens (including phenoxy) is 4. The average Bonchev–Trinajstić information content (AvgIpc) is 3.10. The van der Waals surface area contributed by atoms with Crippen LogP contribution in [0.4, 0.5) is 0 Å². The molecule has 14 atom stereocenters. The van der Waals surface area contributed by atoms with Crippen molar-refractivity contribution in [1.29, 1.82) is 5.41 Å². The van der Waals surface area contributed by atoms with Gasteiger partial charge in [0.1, 0.15) is 42.7 Å². The fourth-order valence-electron chi connectivity index (χ4n) is 5.11. The van der Waals surface area contributed by atoms with E-state index in [0.29, 0.717) is 0 Å². The first kappa shape index (κ1) is 31.3. The molecule has 15 N–H and O–H groups in total. The summed E-state index contributed by atoms with van der Waals surface area (Å²) in [5.41, 5.74) is 14.0. The quantitative estimate of drug-likeness (QED) is 0.0701. The molecule has 3 fully saturated rings. The lowest BCUT2D eigenvalue weighted by Gasteiger charge is -2.45. The fraction of sp³-hybridized carbons (Fsp3) is 0.857. The molecule has 0 aromatic rings. The van der Waals surface area contributed by atoms with Crippen LogP contribution in [-0.4, -0.2) is 148 Å². The summed E-state index contributed by atoms with van der Waals surface area (Å²) < 4.78 is 23.1. The van der Waals surface area contributed by atoms with Crippen LogP contribution in [0.2, 0.25) is 0 Å². The van der Waals surface area contributed by atoms with E-state index in [1.807, 2.05) is 0 Å². The number of nitrogens with zero attached hydrogens (tertiary/aromatic N) is 1. The number of nitrogens with two attached hydrogens (primary N) is 3. The Balaban J connectivity index is 1.91. The maximum atomic E-state index is 12.1. The monoisotopic (exact) mass is 565 g/mol. The molecule has 224 valence electrons. The van der Waals surface area contributed by atoms with Gasteiger partial charge in [0.15, 0.2) is 36.4 Å². The Kier molecular flexibility index (Phi) is 10.0. The number of hydrogen-bond acceptors (Lipinski definition) is 14. The van der Waals surface area contributed by atoms with Crippen LogP contribution in [0.25, 0.3) is 0 Å². The molecule has 0 amide bonds. The van der Waals surface area contributed by atoms with Crippen molar-refractivity contribution in [1.82, 2.24) is 10.6 Å². The standard InChI is InChI=1S/C21H39N7O11/c1-6-21(35,5-30)16(39-17-10(26-2)13(33)12(32)9(4-29)37-17)18(36-6)38-15-8(28-20(24)25)3-7(27-19(22)23)11(31)14(15)34/h5-18,26,29,31-35H,3-4H2,1-2H3,(H4,22,23,27)(H4,24,25,28)/t6-,7+,8-,9-,10-,11-,12-,13-,14+,15+,16-,17-,18-,21+/m0/s1. The maximum absolute atomic E-state index is 12.1. The van der Waals surface area contributed by atoms with E-state index in [-0.39, 0.29) is 18.7 Å². The first-order chi connectivity index (χ1) is 18.3. The summed E-state index contributed by atoms with van der Waals surface area (Å²) in [5, 5.41) is 76.0. The first-order valence-corrected chi connectivity index (χ1v) is 12.3. The molecule has 2 heterocycles. The SMILES string of the molecule is CN[C@@H]1[C@H](O[C@H]2[C@H](O[C@H]3[C@H](O)[C@@H](O)[C@H](N=C(N)N)C[C@@H]3NC(=N)N)O[C@@H](C)[C@]2(O)C=O)O[C@@H](CO)[C@H](O)[C@H]1O. The summed E-state index contributed by atoms with van der Waals surface area (Å²) in [6, 6.07) is -3.02. The van der Waals surface area contributed by atoms with Gasteiger partial charge in [-0.15, -0.1) is 0 Å². The second kappa shape index (κ2) is 12.5. The highest BCUT2D eigenvalue weighted by Gasteiger charge is 2.60. The molecule has 39 heavy (non-hydrogen) atoms. The predicted molar refractivity (Wildman–Crippen MR) is 131 cm³/mol.